The van der Waals surface area contributed by atoms with Gasteiger partial charge >= 0.3 is 0 Å². The Balaban J connectivity index is 1.67. The highest BCUT2D eigenvalue weighted by molar-refractivity contribution is 5.76. The van der Waals surface area contributed by atoms with Crippen LogP contribution < -0.4 is 5.32 Å². The Hall–Kier alpha value is -0.600. The maximum absolute atomic E-state index is 12.7. The van der Waals surface area contributed by atoms with Gasteiger partial charge in [-0.25, -0.2) is 4.39 Å². The maximum atomic E-state index is 12.7. The number of hydrogen-bond acceptors (Lipinski definition) is 1. The Morgan fingerprint density at radius 3 is 2.62 bits per heavy atom. The van der Waals surface area contributed by atoms with E-state index in [0.717, 1.165) is 6.42 Å². The Labute approximate surface area is 77.9 Å². The molecule has 0 aromatic carbocycles. The molecule has 0 saturated heterocycles. The Morgan fingerprint density at radius 2 is 2.08 bits per heavy atom. The van der Waals surface area contributed by atoms with Crippen molar-refractivity contribution in [3.05, 3.63) is 0 Å². The first-order valence-electron chi connectivity index (χ1n) is 5.17. The largest absolute Gasteiger partial charge is 0.353 e. The second kappa shape index (κ2) is 3.64. The number of carbonyl (C=O) groups is 1. The summed E-state index contributed by atoms with van der Waals surface area (Å²) in [5.41, 5.74) is 0. The van der Waals surface area contributed by atoms with Crippen LogP contribution in [0.3, 0.4) is 0 Å². The van der Waals surface area contributed by atoms with Crippen LogP contribution in [0.2, 0.25) is 0 Å². The summed E-state index contributed by atoms with van der Waals surface area (Å²) in [7, 11) is 0. The molecule has 0 heterocycles. The van der Waals surface area contributed by atoms with E-state index in [0.29, 0.717) is 25.2 Å². The summed E-state index contributed by atoms with van der Waals surface area (Å²) in [6, 6.07) is 0.112. The summed E-state index contributed by atoms with van der Waals surface area (Å²) in [5.74, 6) is 0.754. The Bertz CT molecular complexity index is 203. The van der Waals surface area contributed by atoms with Gasteiger partial charge in [-0.15, -0.1) is 0 Å². The highest BCUT2D eigenvalue weighted by atomic mass is 19.1. The molecule has 74 valence electrons. The molecule has 0 aromatic rings. The molecule has 2 fully saturated rings. The molecule has 1 N–H and O–H groups in total. The first-order valence-corrected chi connectivity index (χ1v) is 5.17. The minimum absolute atomic E-state index is 0.112. The zero-order valence-electron chi connectivity index (χ0n) is 7.76. The van der Waals surface area contributed by atoms with Gasteiger partial charge in [0.2, 0.25) is 5.91 Å². The summed E-state index contributed by atoms with van der Waals surface area (Å²) >= 11 is 0. The van der Waals surface area contributed by atoms with Gasteiger partial charge in [-0.3, -0.25) is 4.79 Å². The predicted octanol–water partition coefficient (Wildman–Crippen LogP) is 1.79. The van der Waals surface area contributed by atoms with Gasteiger partial charge in [-0.2, -0.15) is 0 Å². The van der Waals surface area contributed by atoms with E-state index in [1.807, 2.05) is 0 Å². The quantitative estimate of drug-likeness (QED) is 0.713. The maximum Gasteiger partial charge on any atom is 0.220 e. The lowest BCUT2D eigenvalue weighted by Gasteiger charge is -2.11. The molecular formula is C10H16FNO. The highest BCUT2D eigenvalue weighted by Gasteiger charge is 2.28. The van der Waals surface area contributed by atoms with Crippen molar-refractivity contribution < 1.29 is 9.18 Å². The standard InChI is InChI=1S/C10H16FNO/c11-8-3-4-9(6-8)12-10(13)5-7-1-2-7/h7-9H,1-6H2,(H,12,13). The zero-order chi connectivity index (χ0) is 9.26. The first-order chi connectivity index (χ1) is 6.24. The van der Waals surface area contributed by atoms with Crippen LogP contribution in [0.25, 0.3) is 0 Å². The molecule has 2 saturated carbocycles. The molecule has 2 aliphatic rings. The summed E-state index contributed by atoms with van der Waals surface area (Å²) in [4.78, 5) is 11.3. The van der Waals surface area contributed by atoms with Gasteiger partial charge in [-0.05, 0) is 38.0 Å². The van der Waals surface area contributed by atoms with Crippen molar-refractivity contribution in [3.8, 4) is 0 Å². The van der Waals surface area contributed by atoms with Gasteiger partial charge < -0.3 is 5.32 Å². The van der Waals surface area contributed by atoms with Crippen molar-refractivity contribution in [2.45, 2.75) is 50.7 Å². The van der Waals surface area contributed by atoms with E-state index < -0.39 is 6.17 Å². The minimum Gasteiger partial charge on any atom is -0.353 e. The fraction of sp³-hybridized carbons (Fsp3) is 0.900. The number of amides is 1. The van der Waals surface area contributed by atoms with Gasteiger partial charge in [0, 0.05) is 12.5 Å². The molecular weight excluding hydrogens is 169 g/mol. The van der Waals surface area contributed by atoms with Gasteiger partial charge in [-0.1, -0.05) is 0 Å². The van der Waals surface area contributed by atoms with E-state index in [9.17, 15) is 9.18 Å². The Morgan fingerprint density at radius 1 is 1.31 bits per heavy atom. The summed E-state index contributed by atoms with van der Waals surface area (Å²) in [6.45, 7) is 0. The van der Waals surface area contributed by atoms with Gasteiger partial charge in [0.1, 0.15) is 6.17 Å². The molecule has 0 radical (unpaired) electrons. The molecule has 1 amide bonds. The van der Waals surface area contributed by atoms with Crippen molar-refractivity contribution in [1.82, 2.24) is 5.32 Å². The van der Waals surface area contributed by atoms with Crippen molar-refractivity contribution in [2.24, 2.45) is 5.92 Å². The summed E-state index contributed by atoms with van der Waals surface area (Å²) in [5, 5.41) is 2.90. The smallest absolute Gasteiger partial charge is 0.220 e. The molecule has 0 aliphatic heterocycles. The zero-order valence-corrected chi connectivity index (χ0v) is 7.76. The second-order valence-electron chi connectivity index (χ2n) is 4.32. The van der Waals surface area contributed by atoms with Crippen LogP contribution in [0.4, 0.5) is 4.39 Å². The number of rotatable bonds is 3. The molecule has 13 heavy (non-hydrogen) atoms. The molecule has 0 bridgehead atoms. The third-order valence-electron chi connectivity index (χ3n) is 2.90. The normalized spacial score (nSPS) is 33.3. The summed E-state index contributed by atoms with van der Waals surface area (Å²) in [6.07, 6.45) is 4.33. The lowest BCUT2D eigenvalue weighted by atomic mass is 10.2. The minimum atomic E-state index is -0.689. The third-order valence-corrected chi connectivity index (χ3v) is 2.90. The molecule has 2 aliphatic carbocycles. The van der Waals surface area contributed by atoms with Crippen molar-refractivity contribution in [3.63, 3.8) is 0 Å². The van der Waals surface area contributed by atoms with Gasteiger partial charge in [0.25, 0.3) is 0 Å². The Kier molecular flexibility index (Phi) is 2.51. The summed E-state index contributed by atoms with van der Waals surface area (Å²) < 4.78 is 12.7. The SMILES string of the molecule is O=C(CC1CC1)NC1CCC(F)C1. The monoisotopic (exact) mass is 185 g/mol. The molecule has 2 nitrogen and oxygen atoms in total. The lowest BCUT2D eigenvalue weighted by molar-refractivity contribution is -0.122. The topological polar surface area (TPSA) is 29.1 Å². The third kappa shape index (κ3) is 2.68. The number of carbonyl (C=O) groups excluding carboxylic acids is 1. The fourth-order valence-electron chi connectivity index (χ4n) is 1.93. The van der Waals surface area contributed by atoms with Crippen molar-refractivity contribution in [1.29, 1.82) is 0 Å². The van der Waals surface area contributed by atoms with E-state index in [4.69, 9.17) is 0 Å². The van der Waals surface area contributed by atoms with Gasteiger partial charge in [0.15, 0.2) is 0 Å². The van der Waals surface area contributed by atoms with E-state index >= 15 is 0 Å². The van der Waals surface area contributed by atoms with Gasteiger partial charge in [0.05, 0.1) is 0 Å². The number of halogens is 1. The number of nitrogens with one attached hydrogen (secondary N) is 1. The molecule has 0 aromatic heterocycles. The van der Waals surface area contributed by atoms with Crippen LogP contribution in [-0.4, -0.2) is 18.1 Å². The van der Waals surface area contributed by atoms with Crippen LogP contribution in [0.1, 0.15) is 38.5 Å². The van der Waals surface area contributed by atoms with E-state index in [-0.39, 0.29) is 11.9 Å². The van der Waals surface area contributed by atoms with Crippen molar-refractivity contribution >= 4 is 5.91 Å². The van der Waals surface area contributed by atoms with Crippen molar-refractivity contribution in [2.75, 3.05) is 0 Å². The molecule has 2 atom stereocenters. The first kappa shape index (κ1) is 8.97. The second-order valence-corrected chi connectivity index (χ2v) is 4.32. The highest BCUT2D eigenvalue weighted by Crippen LogP contribution is 2.32. The van der Waals surface area contributed by atoms with E-state index in [2.05, 4.69) is 5.32 Å². The average Bonchev–Trinajstić information content (AvgIpc) is 2.76. The molecule has 2 unspecified atom stereocenters. The van der Waals surface area contributed by atoms with Crippen LogP contribution in [0, 0.1) is 5.92 Å². The molecule has 3 heteroatoms. The lowest BCUT2D eigenvalue weighted by Crippen LogP contribution is -2.33. The predicted molar refractivity (Wildman–Crippen MR) is 48.0 cm³/mol. The fourth-order valence-corrected chi connectivity index (χ4v) is 1.93. The number of alkyl halides is 1. The van der Waals surface area contributed by atoms with Crippen LogP contribution in [0.5, 0.6) is 0 Å². The molecule has 2 rings (SSSR count). The van der Waals surface area contributed by atoms with Crippen LogP contribution in [0.15, 0.2) is 0 Å². The van der Waals surface area contributed by atoms with E-state index in [1.165, 1.54) is 12.8 Å². The van der Waals surface area contributed by atoms with E-state index in [1.54, 1.807) is 0 Å². The number of hydrogen-bond donors (Lipinski definition) is 1. The average molecular weight is 185 g/mol. The van der Waals surface area contributed by atoms with Crippen LogP contribution >= 0.6 is 0 Å². The molecule has 0 spiro atoms. The van der Waals surface area contributed by atoms with Crippen LogP contribution in [-0.2, 0) is 4.79 Å².